The molecule has 8 heteroatoms. The van der Waals surface area contributed by atoms with Crippen LogP contribution in [0.25, 0.3) is 0 Å². The number of nitrogens with one attached hydrogen (secondary N) is 1. The minimum Gasteiger partial charge on any atom is -0.382 e. The second-order valence-corrected chi connectivity index (χ2v) is 8.14. The molecular formula is C16H17N3O2S3. The number of aryl methyl sites for hydroxylation is 1. The van der Waals surface area contributed by atoms with Crippen LogP contribution in [0.1, 0.15) is 49.4 Å². The Balaban J connectivity index is 1.61. The Morgan fingerprint density at radius 1 is 1.33 bits per heavy atom. The lowest BCUT2D eigenvalue weighted by atomic mass is 10.2. The van der Waals surface area contributed by atoms with Gasteiger partial charge in [0.05, 0.1) is 12.2 Å². The number of aromatic nitrogens is 2. The van der Waals surface area contributed by atoms with Crippen LogP contribution >= 0.6 is 34.2 Å². The number of thiophene rings is 2. The van der Waals surface area contributed by atoms with Gasteiger partial charge in [0, 0.05) is 14.6 Å². The highest BCUT2D eigenvalue weighted by atomic mass is 32.1. The molecule has 24 heavy (non-hydrogen) atoms. The Labute approximate surface area is 152 Å². The van der Waals surface area contributed by atoms with E-state index in [1.807, 2.05) is 36.6 Å². The molecule has 0 aliphatic heterocycles. The highest BCUT2D eigenvalue weighted by Gasteiger charge is 2.17. The number of aliphatic hydroxyl groups excluding tert-OH is 1. The van der Waals surface area contributed by atoms with Crippen molar-refractivity contribution in [3.63, 3.8) is 0 Å². The van der Waals surface area contributed by atoms with Crippen molar-refractivity contribution in [1.29, 1.82) is 0 Å². The highest BCUT2D eigenvalue weighted by Crippen LogP contribution is 2.30. The summed E-state index contributed by atoms with van der Waals surface area (Å²) in [6.45, 7) is 2.48. The fraction of sp³-hybridized carbons (Fsp3) is 0.312. The standard InChI is InChI=1S/C16H17N3O2S3/c1-2-4-11-15(24-19-18-11)16(21)17-9-10-6-7-13(23-10)14(20)12-5-3-8-22-12/h3,5-8,14,20H,2,4,9H2,1H3,(H,17,21). The zero-order chi connectivity index (χ0) is 16.9. The molecule has 0 fully saturated rings. The highest BCUT2D eigenvalue weighted by molar-refractivity contribution is 7.13. The van der Waals surface area contributed by atoms with Crippen LogP contribution in [0.2, 0.25) is 0 Å². The average Bonchev–Trinajstić information content (AvgIpc) is 3.32. The van der Waals surface area contributed by atoms with E-state index in [9.17, 15) is 9.90 Å². The van der Waals surface area contributed by atoms with Gasteiger partial charge in [-0.1, -0.05) is 23.9 Å². The topological polar surface area (TPSA) is 75.1 Å². The minimum atomic E-state index is -0.596. The van der Waals surface area contributed by atoms with E-state index in [0.29, 0.717) is 11.4 Å². The summed E-state index contributed by atoms with van der Waals surface area (Å²) >= 11 is 4.17. The molecule has 2 N–H and O–H groups in total. The normalized spacial score (nSPS) is 12.2. The van der Waals surface area contributed by atoms with Gasteiger partial charge in [0.15, 0.2) is 0 Å². The summed E-state index contributed by atoms with van der Waals surface area (Å²) in [5, 5.41) is 19.2. The lowest BCUT2D eigenvalue weighted by molar-refractivity contribution is 0.0954. The zero-order valence-electron chi connectivity index (χ0n) is 13.1. The number of carbonyl (C=O) groups is 1. The Kier molecular flexibility index (Phi) is 5.72. The molecule has 3 rings (SSSR count). The minimum absolute atomic E-state index is 0.137. The molecule has 3 aromatic heterocycles. The molecule has 1 amide bonds. The van der Waals surface area contributed by atoms with E-state index < -0.39 is 6.10 Å². The smallest absolute Gasteiger partial charge is 0.265 e. The van der Waals surface area contributed by atoms with Crippen LogP contribution in [0, 0.1) is 0 Å². The molecule has 0 radical (unpaired) electrons. The summed E-state index contributed by atoms with van der Waals surface area (Å²) < 4.78 is 3.87. The van der Waals surface area contributed by atoms with E-state index in [0.717, 1.165) is 44.7 Å². The Morgan fingerprint density at radius 2 is 2.21 bits per heavy atom. The number of hydrogen-bond acceptors (Lipinski definition) is 7. The van der Waals surface area contributed by atoms with Crippen LogP contribution in [0.4, 0.5) is 0 Å². The number of aliphatic hydroxyl groups is 1. The number of carbonyl (C=O) groups excluding carboxylic acids is 1. The average molecular weight is 380 g/mol. The van der Waals surface area contributed by atoms with Gasteiger partial charge in [0.1, 0.15) is 11.0 Å². The van der Waals surface area contributed by atoms with Crippen LogP contribution < -0.4 is 5.32 Å². The molecule has 126 valence electrons. The SMILES string of the molecule is CCCc1nnsc1C(=O)NCc1ccc(C(O)c2cccs2)s1. The maximum absolute atomic E-state index is 12.3. The van der Waals surface area contributed by atoms with Gasteiger partial charge in [-0.15, -0.1) is 27.8 Å². The van der Waals surface area contributed by atoms with E-state index >= 15 is 0 Å². The predicted molar refractivity (Wildman–Crippen MR) is 97.8 cm³/mol. The quantitative estimate of drug-likeness (QED) is 0.657. The summed E-state index contributed by atoms with van der Waals surface area (Å²) in [5.41, 5.74) is 0.764. The molecule has 1 atom stereocenters. The van der Waals surface area contributed by atoms with Crippen molar-refractivity contribution in [3.8, 4) is 0 Å². The number of amides is 1. The lowest BCUT2D eigenvalue weighted by Crippen LogP contribution is -2.22. The summed E-state index contributed by atoms with van der Waals surface area (Å²) in [7, 11) is 0. The monoisotopic (exact) mass is 379 g/mol. The first-order valence-corrected chi connectivity index (χ1v) is 10.1. The number of hydrogen-bond donors (Lipinski definition) is 2. The molecule has 0 saturated carbocycles. The molecule has 3 heterocycles. The van der Waals surface area contributed by atoms with Crippen molar-refractivity contribution in [2.45, 2.75) is 32.4 Å². The Bertz CT molecular complexity index is 795. The second-order valence-electron chi connectivity index (χ2n) is 5.20. The fourth-order valence-electron chi connectivity index (χ4n) is 2.25. The second kappa shape index (κ2) is 7.98. The molecule has 0 bridgehead atoms. The van der Waals surface area contributed by atoms with Crippen molar-refractivity contribution in [2.24, 2.45) is 0 Å². The first-order chi connectivity index (χ1) is 11.7. The van der Waals surface area contributed by atoms with Crippen molar-refractivity contribution < 1.29 is 9.90 Å². The first kappa shape index (κ1) is 17.2. The van der Waals surface area contributed by atoms with Crippen molar-refractivity contribution in [3.05, 3.63) is 54.8 Å². The number of nitrogens with zero attached hydrogens (tertiary/aromatic N) is 2. The molecule has 0 saturated heterocycles. The van der Waals surface area contributed by atoms with Gasteiger partial charge in [-0.05, 0) is 41.5 Å². The summed E-state index contributed by atoms with van der Waals surface area (Å²) in [6.07, 6.45) is 1.09. The van der Waals surface area contributed by atoms with Gasteiger partial charge < -0.3 is 10.4 Å². The third kappa shape index (κ3) is 3.89. The molecule has 5 nitrogen and oxygen atoms in total. The van der Waals surface area contributed by atoms with Crippen LogP contribution in [0.5, 0.6) is 0 Å². The molecule has 0 aliphatic rings. The maximum atomic E-state index is 12.3. The van der Waals surface area contributed by atoms with Crippen molar-refractivity contribution in [2.75, 3.05) is 0 Å². The van der Waals surface area contributed by atoms with Gasteiger partial charge in [-0.25, -0.2) is 0 Å². The summed E-state index contributed by atoms with van der Waals surface area (Å²) in [5.74, 6) is -0.137. The lowest BCUT2D eigenvalue weighted by Gasteiger charge is -2.05. The summed E-state index contributed by atoms with van der Waals surface area (Å²) in [4.78, 5) is 15.7. The van der Waals surface area contributed by atoms with Crippen LogP contribution in [0.15, 0.2) is 29.6 Å². The van der Waals surface area contributed by atoms with E-state index in [2.05, 4.69) is 14.9 Å². The van der Waals surface area contributed by atoms with Crippen LogP contribution in [-0.4, -0.2) is 20.6 Å². The van der Waals surface area contributed by atoms with Crippen molar-refractivity contribution >= 4 is 40.1 Å². The molecule has 3 aromatic rings. The van der Waals surface area contributed by atoms with Crippen LogP contribution in [0.3, 0.4) is 0 Å². The molecule has 0 spiro atoms. The zero-order valence-corrected chi connectivity index (χ0v) is 15.5. The first-order valence-electron chi connectivity index (χ1n) is 7.58. The predicted octanol–water partition coefficient (Wildman–Crippen LogP) is 3.63. The third-order valence-electron chi connectivity index (χ3n) is 3.44. The van der Waals surface area contributed by atoms with Gasteiger partial charge in [0.2, 0.25) is 0 Å². The third-order valence-corrected chi connectivity index (χ3v) is 6.27. The molecule has 0 aromatic carbocycles. The largest absolute Gasteiger partial charge is 0.382 e. The molecular weight excluding hydrogens is 362 g/mol. The van der Waals surface area contributed by atoms with E-state index in [4.69, 9.17) is 0 Å². The molecule has 1 unspecified atom stereocenters. The Hall–Kier alpha value is -1.61. The Morgan fingerprint density at radius 3 is 2.96 bits per heavy atom. The van der Waals surface area contributed by atoms with Gasteiger partial charge in [-0.2, -0.15) is 0 Å². The van der Waals surface area contributed by atoms with E-state index in [1.165, 1.54) is 22.7 Å². The van der Waals surface area contributed by atoms with Gasteiger partial charge in [-0.3, -0.25) is 4.79 Å². The van der Waals surface area contributed by atoms with E-state index in [-0.39, 0.29) is 5.91 Å². The summed E-state index contributed by atoms with van der Waals surface area (Å²) in [6, 6.07) is 7.69. The maximum Gasteiger partial charge on any atom is 0.265 e. The van der Waals surface area contributed by atoms with Gasteiger partial charge >= 0.3 is 0 Å². The fourth-order valence-corrected chi connectivity index (χ4v) is 4.64. The molecule has 0 aliphatic carbocycles. The van der Waals surface area contributed by atoms with Gasteiger partial charge in [0.25, 0.3) is 5.91 Å². The van der Waals surface area contributed by atoms with E-state index in [1.54, 1.807) is 0 Å². The number of rotatable bonds is 7. The van der Waals surface area contributed by atoms with Crippen LogP contribution in [-0.2, 0) is 13.0 Å². The van der Waals surface area contributed by atoms with Crippen molar-refractivity contribution in [1.82, 2.24) is 14.9 Å².